The van der Waals surface area contributed by atoms with Gasteiger partial charge in [0, 0.05) is 32.2 Å². The van der Waals surface area contributed by atoms with Gasteiger partial charge in [0.05, 0.1) is 11.5 Å². The molecule has 5 nitrogen and oxygen atoms in total. The molecular formula is C20H27FN2O3. The van der Waals surface area contributed by atoms with Gasteiger partial charge in [-0.1, -0.05) is 18.2 Å². The van der Waals surface area contributed by atoms with Crippen LogP contribution in [-0.4, -0.2) is 48.6 Å². The molecule has 1 aromatic carbocycles. The number of nitrogens with one attached hydrogen (secondary N) is 1. The third kappa shape index (κ3) is 3.75. The minimum Gasteiger partial charge on any atom is -0.377 e. The zero-order valence-corrected chi connectivity index (χ0v) is 15.5. The molecule has 0 unspecified atom stereocenters. The Labute approximate surface area is 153 Å². The molecule has 1 aromatic rings. The van der Waals surface area contributed by atoms with Crippen molar-refractivity contribution in [1.29, 1.82) is 0 Å². The van der Waals surface area contributed by atoms with Crippen molar-refractivity contribution >= 4 is 11.8 Å². The molecule has 2 aliphatic rings. The van der Waals surface area contributed by atoms with Crippen molar-refractivity contribution < 1.29 is 18.7 Å². The molecule has 1 N–H and O–H groups in total. The van der Waals surface area contributed by atoms with Crippen LogP contribution in [0.25, 0.3) is 0 Å². The first-order chi connectivity index (χ1) is 12.4. The van der Waals surface area contributed by atoms with Crippen molar-refractivity contribution in [2.45, 2.75) is 51.7 Å². The van der Waals surface area contributed by atoms with Crippen LogP contribution in [0.15, 0.2) is 24.3 Å². The minimum atomic E-state index is -0.657. The van der Waals surface area contributed by atoms with E-state index < -0.39 is 5.41 Å². The average Bonchev–Trinajstić information content (AvgIpc) is 3.04. The summed E-state index contributed by atoms with van der Waals surface area (Å²) in [7, 11) is 0. The Morgan fingerprint density at radius 2 is 2.15 bits per heavy atom. The Bertz CT molecular complexity index is 679. The maximum absolute atomic E-state index is 13.8. The molecule has 0 bridgehead atoms. The summed E-state index contributed by atoms with van der Waals surface area (Å²) in [5, 5.41) is 2.99. The van der Waals surface area contributed by atoms with E-state index >= 15 is 0 Å². The predicted octanol–water partition coefficient (Wildman–Crippen LogP) is 2.29. The van der Waals surface area contributed by atoms with E-state index in [0.717, 1.165) is 0 Å². The molecule has 2 atom stereocenters. The monoisotopic (exact) mass is 362 g/mol. The number of hydrogen-bond donors (Lipinski definition) is 1. The number of rotatable bonds is 5. The summed E-state index contributed by atoms with van der Waals surface area (Å²) in [4.78, 5) is 27.3. The van der Waals surface area contributed by atoms with Crippen LogP contribution in [0.5, 0.6) is 0 Å². The van der Waals surface area contributed by atoms with E-state index in [0.29, 0.717) is 44.5 Å². The third-order valence-corrected chi connectivity index (χ3v) is 5.41. The number of carbonyl (C=O) groups excluding carboxylic acids is 2. The van der Waals surface area contributed by atoms with Gasteiger partial charge in [0.25, 0.3) is 0 Å². The maximum Gasteiger partial charge on any atom is 0.230 e. The fraction of sp³-hybridized carbons (Fsp3) is 0.600. The van der Waals surface area contributed by atoms with Crippen molar-refractivity contribution in [3.63, 3.8) is 0 Å². The molecule has 0 aliphatic carbocycles. The van der Waals surface area contributed by atoms with Gasteiger partial charge >= 0.3 is 0 Å². The van der Waals surface area contributed by atoms with Crippen LogP contribution in [0.1, 0.15) is 38.7 Å². The maximum atomic E-state index is 13.8. The lowest BCUT2D eigenvalue weighted by Crippen LogP contribution is -2.59. The zero-order chi connectivity index (χ0) is 18.7. The van der Waals surface area contributed by atoms with Crippen molar-refractivity contribution in [2.75, 3.05) is 19.7 Å². The molecule has 2 fully saturated rings. The molecule has 2 heterocycles. The van der Waals surface area contributed by atoms with Crippen molar-refractivity contribution in [2.24, 2.45) is 5.41 Å². The van der Waals surface area contributed by atoms with Crippen LogP contribution in [0.4, 0.5) is 4.39 Å². The molecule has 0 saturated carbocycles. The Morgan fingerprint density at radius 3 is 2.88 bits per heavy atom. The second kappa shape index (κ2) is 7.74. The molecule has 0 spiro atoms. The molecule has 2 amide bonds. The SMILES string of the molecule is CC(C)NC(=O)[C@@]12CCO[C@@H]1CCN(C(=O)CCc1ccccc1F)C2. The van der Waals surface area contributed by atoms with Crippen molar-refractivity contribution in [3.05, 3.63) is 35.6 Å². The Morgan fingerprint density at radius 1 is 1.38 bits per heavy atom. The lowest BCUT2D eigenvalue weighted by atomic mass is 9.75. The van der Waals surface area contributed by atoms with Gasteiger partial charge in [-0.25, -0.2) is 4.39 Å². The van der Waals surface area contributed by atoms with Gasteiger partial charge in [0.15, 0.2) is 0 Å². The van der Waals surface area contributed by atoms with Gasteiger partial charge in [0.2, 0.25) is 11.8 Å². The van der Waals surface area contributed by atoms with Crippen LogP contribution in [-0.2, 0) is 20.7 Å². The summed E-state index contributed by atoms with van der Waals surface area (Å²) >= 11 is 0. The largest absolute Gasteiger partial charge is 0.377 e. The first-order valence-electron chi connectivity index (χ1n) is 9.36. The lowest BCUT2D eigenvalue weighted by Gasteiger charge is -2.42. The van der Waals surface area contributed by atoms with Crippen LogP contribution in [0, 0.1) is 11.2 Å². The normalized spacial score (nSPS) is 25.2. The summed E-state index contributed by atoms with van der Waals surface area (Å²) < 4.78 is 19.5. The highest BCUT2D eigenvalue weighted by Gasteiger charge is 2.53. The second-order valence-electron chi connectivity index (χ2n) is 7.59. The molecule has 2 saturated heterocycles. The summed E-state index contributed by atoms with van der Waals surface area (Å²) in [6.07, 6.45) is 1.78. The molecule has 142 valence electrons. The van der Waals surface area contributed by atoms with Gasteiger partial charge in [-0.15, -0.1) is 0 Å². The predicted molar refractivity (Wildman–Crippen MR) is 96.0 cm³/mol. The molecular weight excluding hydrogens is 335 g/mol. The standard InChI is InChI=1S/C20H27FN2O3/c1-14(2)22-19(25)20-10-12-26-17(20)9-11-23(13-20)18(24)8-7-15-5-3-4-6-16(15)21/h3-6,14,17H,7-13H2,1-2H3,(H,22,25)/t17-,20-/m1/s1. The number of aryl methyl sites for hydroxylation is 1. The van der Waals surface area contributed by atoms with Crippen LogP contribution in [0.2, 0.25) is 0 Å². The fourth-order valence-corrected chi connectivity index (χ4v) is 3.99. The number of carbonyl (C=O) groups is 2. The molecule has 0 aromatic heterocycles. The van der Waals surface area contributed by atoms with Crippen LogP contribution >= 0.6 is 0 Å². The zero-order valence-electron chi connectivity index (χ0n) is 15.5. The average molecular weight is 362 g/mol. The number of nitrogens with zero attached hydrogens (tertiary/aromatic N) is 1. The van der Waals surface area contributed by atoms with E-state index in [-0.39, 0.29) is 36.2 Å². The van der Waals surface area contributed by atoms with Crippen molar-refractivity contribution in [1.82, 2.24) is 10.2 Å². The quantitative estimate of drug-likeness (QED) is 0.874. The number of benzene rings is 1. The van der Waals surface area contributed by atoms with Crippen molar-refractivity contribution in [3.8, 4) is 0 Å². The molecule has 0 radical (unpaired) electrons. The summed E-state index contributed by atoms with van der Waals surface area (Å²) in [6.45, 7) is 5.37. The highest BCUT2D eigenvalue weighted by Crippen LogP contribution is 2.41. The number of fused-ring (bicyclic) bond motifs is 1. The third-order valence-electron chi connectivity index (χ3n) is 5.41. The summed E-state index contributed by atoms with van der Waals surface area (Å²) in [6, 6.07) is 6.58. The number of ether oxygens (including phenoxy) is 1. The van der Waals surface area contributed by atoms with Crippen LogP contribution in [0.3, 0.4) is 0 Å². The number of likely N-dealkylation sites (tertiary alicyclic amines) is 1. The first kappa shape index (κ1) is 18.8. The highest BCUT2D eigenvalue weighted by molar-refractivity contribution is 5.86. The molecule has 6 heteroatoms. The van der Waals surface area contributed by atoms with E-state index in [1.54, 1.807) is 23.1 Å². The summed E-state index contributed by atoms with van der Waals surface area (Å²) in [5.74, 6) is -0.340. The van der Waals surface area contributed by atoms with Gasteiger partial charge < -0.3 is 15.0 Å². The number of amides is 2. The fourth-order valence-electron chi connectivity index (χ4n) is 3.99. The lowest BCUT2D eigenvalue weighted by molar-refractivity contribution is -0.146. The first-order valence-corrected chi connectivity index (χ1v) is 9.36. The Kier molecular flexibility index (Phi) is 5.61. The van der Waals surface area contributed by atoms with Crippen LogP contribution < -0.4 is 5.32 Å². The molecule has 3 rings (SSSR count). The topological polar surface area (TPSA) is 58.6 Å². The highest BCUT2D eigenvalue weighted by atomic mass is 19.1. The van der Waals surface area contributed by atoms with E-state index in [2.05, 4.69) is 5.32 Å². The van der Waals surface area contributed by atoms with E-state index in [1.165, 1.54) is 6.07 Å². The van der Waals surface area contributed by atoms with E-state index in [1.807, 2.05) is 13.8 Å². The Balaban J connectivity index is 1.66. The van der Waals surface area contributed by atoms with Gasteiger partial charge in [0.1, 0.15) is 5.82 Å². The second-order valence-corrected chi connectivity index (χ2v) is 7.59. The molecule has 26 heavy (non-hydrogen) atoms. The van der Waals surface area contributed by atoms with Gasteiger partial charge in [-0.2, -0.15) is 0 Å². The van der Waals surface area contributed by atoms with E-state index in [4.69, 9.17) is 4.74 Å². The Hall–Kier alpha value is -1.95. The number of hydrogen-bond acceptors (Lipinski definition) is 3. The minimum absolute atomic E-state index is 0.0263. The number of piperidine rings is 1. The molecule has 2 aliphatic heterocycles. The smallest absolute Gasteiger partial charge is 0.230 e. The van der Waals surface area contributed by atoms with Gasteiger partial charge in [-0.05, 0) is 44.7 Å². The number of halogens is 1. The van der Waals surface area contributed by atoms with E-state index in [9.17, 15) is 14.0 Å². The summed E-state index contributed by atoms with van der Waals surface area (Å²) in [5.41, 5.74) is -0.108. The van der Waals surface area contributed by atoms with Gasteiger partial charge in [-0.3, -0.25) is 9.59 Å².